The molecule has 0 radical (unpaired) electrons. The maximum absolute atomic E-state index is 13.4. The monoisotopic (exact) mass is 381 g/mol. The fraction of sp³-hybridized carbons (Fsp3) is 0.458. The molecule has 1 saturated heterocycles. The van der Waals surface area contributed by atoms with Gasteiger partial charge >= 0.3 is 0 Å². The molecule has 1 heterocycles. The summed E-state index contributed by atoms with van der Waals surface area (Å²) in [6.45, 7) is 9.44. The number of rotatable bonds is 6. The molecule has 0 spiro atoms. The zero-order valence-corrected chi connectivity index (χ0v) is 17.4. The normalized spacial score (nSPS) is 17.0. The van der Waals surface area contributed by atoms with Crippen molar-refractivity contribution in [3.63, 3.8) is 0 Å². The largest absolute Gasteiger partial charge is 0.490 e. The molecule has 1 aliphatic heterocycles. The Balaban J connectivity index is 1.84. The second kappa shape index (κ2) is 8.78. The molecular formula is C24H31NO3. The molecular weight excluding hydrogens is 350 g/mol. The molecule has 4 nitrogen and oxygen atoms in total. The number of benzene rings is 2. The van der Waals surface area contributed by atoms with Crippen molar-refractivity contribution >= 4 is 11.6 Å². The molecule has 28 heavy (non-hydrogen) atoms. The van der Waals surface area contributed by atoms with E-state index in [9.17, 15) is 4.79 Å². The van der Waals surface area contributed by atoms with Crippen LogP contribution in [0.5, 0.6) is 5.75 Å². The van der Waals surface area contributed by atoms with Crippen molar-refractivity contribution in [1.29, 1.82) is 0 Å². The summed E-state index contributed by atoms with van der Waals surface area (Å²) in [5, 5.41) is 3.16. The van der Waals surface area contributed by atoms with Gasteiger partial charge in [-0.2, -0.15) is 0 Å². The molecule has 0 aromatic heterocycles. The van der Waals surface area contributed by atoms with E-state index in [-0.39, 0.29) is 12.0 Å². The van der Waals surface area contributed by atoms with E-state index in [4.69, 9.17) is 9.47 Å². The number of hydrogen-bond donors (Lipinski definition) is 1. The van der Waals surface area contributed by atoms with Crippen LogP contribution in [-0.2, 0) is 14.9 Å². The predicted octanol–water partition coefficient (Wildman–Crippen LogP) is 5.17. The average molecular weight is 382 g/mol. The van der Waals surface area contributed by atoms with Crippen LogP contribution in [-0.4, -0.2) is 25.2 Å². The highest BCUT2D eigenvalue weighted by molar-refractivity contribution is 5.99. The highest BCUT2D eigenvalue weighted by Gasteiger charge is 2.41. The van der Waals surface area contributed by atoms with Gasteiger partial charge in [0.1, 0.15) is 5.75 Å². The van der Waals surface area contributed by atoms with Gasteiger partial charge in [0.05, 0.1) is 11.5 Å². The molecule has 0 bridgehead atoms. The van der Waals surface area contributed by atoms with Crippen LogP contribution in [0.3, 0.4) is 0 Å². The molecule has 1 unspecified atom stereocenters. The fourth-order valence-electron chi connectivity index (χ4n) is 3.72. The van der Waals surface area contributed by atoms with Crippen LogP contribution in [0.1, 0.15) is 49.8 Å². The lowest BCUT2D eigenvalue weighted by molar-refractivity contribution is -0.125. The van der Waals surface area contributed by atoms with Gasteiger partial charge in [0.2, 0.25) is 5.91 Å². The summed E-state index contributed by atoms with van der Waals surface area (Å²) in [5.74, 6) is 0.906. The summed E-state index contributed by atoms with van der Waals surface area (Å²) in [4.78, 5) is 13.4. The van der Waals surface area contributed by atoms with Crippen molar-refractivity contribution < 1.29 is 14.3 Å². The molecule has 3 rings (SSSR count). The third-order valence-electron chi connectivity index (χ3n) is 5.69. The van der Waals surface area contributed by atoms with Gasteiger partial charge < -0.3 is 14.8 Å². The number of anilines is 1. The summed E-state index contributed by atoms with van der Waals surface area (Å²) >= 11 is 0. The Morgan fingerprint density at radius 3 is 2.57 bits per heavy atom. The van der Waals surface area contributed by atoms with Crippen molar-refractivity contribution in [2.45, 2.75) is 58.5 Å². The maximum Gasteiger partial charge on any atom is 0.235 e. The van der Waals surface area contributed by atoms with Crippen molar-refractivity contribution in [2.24, 2.45) is 0 Å². The Morgan fingerprint density at radius 1 is 1.18 bits per heavy atom. The zero-order valence-electron chi connectivity index (χ0n) is 17.4. The number of ether oxygens (including phenoxy) is 2. The Kier molecular flexibility index (Phi) is 6.40. The van der Waals surface area contributed by atoms with Crippen LogP contribution in [0.15, 0.2) is 42.5 Å². The van der Waals surface area contributed by atoms with Crippen LogP contribution in [0.25, 0.3) is 0 Å². The number of carbonyl (C=O) groups excluding carboxylic acids is 1. The standard InChI is InChI=1S/C24H31NO3/c1-5-19(4)28-22-10-9-21(16-18(22)3)25-23(26)24(11-13-27-14-12-24)20-8-6-7-17(2)15-20/h6-10,15-16,19H,5,11-14H2,1-4H3,(H,25,26). The van der Waals surface area contributed by atoms with Crippen LogP contribution in [0.2, 0.25) is 0 Å². The topological polar surface area (TPSA) is 47.6 Å². The fourth-order valence-corrected chi connectivity index (χ4v) is 3.72. The van der Waals surface area contributed by atoms with Crippen molar-refractivity contribution in [2.75, 3.05) is 18.5 Å². The van der Waals surface area contributed by atoms with Gasteiger partial charge in [-0.05, 0) is 69.4 Å². The Labute approximate surface area is 168 Å². The predicted molar refractivity (Wildman–Crippen MR) is 113 cm³/mol. The first-order chi connectivity index (χ1) is 13.4. The molecule has 1 atom stereocenters. The summed E-state index contributed by atoms with van der Waals surface area (Å²) in [5.41, 5.74) is 3.51. The number of nitrogens with one attached hydrogen (secondary N) is 1. The van der Waals surface area contributed by atoms with E-state index >= 15 is 0 Å². The quantitative estimate of drug-likeness (QED) is 0.751. The SMILES string of the molecule is CCC(C)Oc1ccc(NC(=O)C2(c3cccc(C)c3)CCOCC2)cc1C. The smallest absolute Gasteiger partial charge is 0.235 e. The number of hydrogen-bond acceptors (Lipinski definition) is 3. The molecule has 2 aromatic rings. The molecule has 4 heteroatoms. The first kappa shape index (κ1) is 20.4. The van der Waals surface area contributed by atoms with Crippen LogP contribution < -0.4 is 10.1 Å². The van der Waals surface area contributed by atoms with E-state index in [1.54, 1.807) is 0 Å². The number of amides is 1. The van der Waals surface area contributed by atoms with Crippen molar-refractivity contribution in [3.05, 3.63) is 59.2 Å². The average Bonchev–Trinajstić information content (AvgIpc) is 2.70. The molecule has 0 aliphatic carbocycles. The van der Waals surface area contributed by atoms with Gasteiger partial charge in [-0.25, -0.2) is 0 Å². The lowest BCUT2D eigenvalue weighted by Crippen LogP contribution is -2.44. The molecule has 1 amide bonds. The van der Waals surface area contributed by atoms with Gasteiger partial charge in [0.25, 0.3) is 0 Å². The van der Waals surface area contributed by atoms with E-state index < -0.39 is 5.41 Å². The molecule has 0 saturated carbocycles. The van der Waals surface area contributed by atoms with E-state index in [0.29, 0.717) is 26.1 Å². The maximum atomic E-state index is 13.4. The summed E-state index contributed by atoms with van der Waals surface area (Å²) < 4.78 is 11.5. The Morgan fingerprint density at radius 2 is 1.93 bits per heavy atom. The third-order valence-corrected chi connectivity index (χ3v) is 5.69. The molecule has 1 N–H and O–H groups in total. The summed E-state index contributed by atoms with van der Waals surface area (Å²) in [6, 6.07) is 14.1. The van der Waals surface area contributed by atoms with Gasteiger partial charge in [-0.3, -0.25) is 4.79 Å². The minimum Gasteiger partial charge on any atom is -0.490 e. The van der Waals surface area contributed by atoms with Crippen molar-refractivity contribution in [1.82, 2.24) is 0 Å². The number of carbonyl (C=O) groups is 1. The highest BCUT2D eigenvalue weighted by Crippen LogP contribution is 2.37. The van der Waals surface area contributed by atoms with Crippen LogP contribution in [0, 0.1) is 13.8 Å². The molecule has 1 aliphatic rings. The summed E-state index contributed by atoms with van der Waals surface area (Å²) in [7, 11) is 0. The van der Waals surface area contributed by atoms with Crippen LogP contribution in [0.4, 0.5) is 5.69 Å². The van der Waals surface area contributed by atoms with E-state index in [2.05, 4.69) is 44.3 Å². The van der Waals surface area contributed by atoms with Gasteiger partial charge in [0, 0.05) is 18.9 Å². The first-order valence-corrected chi connectivity index (χ1v) is 10.2. The lowest BCUT2D eigenvalue weighted by Gasteiger charge is -2.36. The minimum atomic E-state index is -0.552. The Hall–Kier alpha value is -2.33. The van der Waals surface area contributed by atoms with Gasteiger partial charge in [-0.1, -0.05) is 36.8 Å². The van der Waals surface area contributed by atoms with E-state index in [0.717, 1.165) is 29.0 Å². The van der Waals surface area contributed by atoms with E-state index in [1.807, 2.05) is 31.2 Å². The Bertz CT molecular complexity index is 824. The van der Waals surface area contributed by atoms with E-state index in [1.165, 1.54) is 5.56 Å². The second-order valence-electron chi connectivity index (χ2n) is 7.84. The molecule has 2 aromatic carbocycles. The van der Waals surface area contributed by atoms with Gasteiger partial charge in [0.15, 0.2) is 0 Å². The van der Waals surface area contributed by atoms with Crippen LogP contribution >= 0.6 is 0 Å². The highest BCUT2D eigenvalue weighted by atomic mass is 16.5. The molecule has 1 fully saturated rings. The lowest BCUT2D eigenvalue weighted by atomic mass is 9.73. The third kappa shape index (κ3) is 4.39. The van der Waals surface area contributed by atoms with Crippen molar-refractivity contribution in [3.8, 4) is 5.75 Å². The minimum absolute atomic E-state index is 0.0383. The zero-order chi connectivity index (χ0) is 20.1. The number of aryl methyl sites for hydroxylation is 2. The molecule has 150 valence electrons. The first-order valence-electron chi connectivity index (χ1n) is 10.2. The second-order valence-corrected chi connectivity index (χ2v) is 7.84. The van der Waals surface area contributed by atoms with Gasteiger partial charge in [-0.15, -0.1) is 0 Å². The summed E-state index contributed by atoms with van der Waals surface area (Å²) in [6.07, 6.45) is 2.51.